The normalized spacial score (nSPS) is 12.9. The fourth-order valence-electron chi connectivity index (χ4n) is 7.29. The first-order valence-corrected chi connectivity index (χ1v) is 17.7. The maximum absolute atomic E-state index is 5.04. The predicted octanol–water partition coefficient (Wildman–Crippen LogP) is 12.0. The van der Waals surface area contributed by atoms with Crippen LogP contribution in [-0.2, 0) is 5.41 Å². The summed E-state index contributed by atoms with van der Waals surface area (Å²) >= 11 is 1.86. The van der Waals surface area contributed by atoms with E-state index >= 15 is 0 Å². The van der Waals surface area contributed by atoms with Crippen LogP contribution < -0.4 is 0 Å². The van der Waals surface area contributed by atoms with E-state index in [9.17, 15) is 0 Å². The summed E-state index contributed by atoms with van der Waals surface area (Å²) in [6.07, 6.45) is 0. The molecule has 0 unspecified atom stereocenters. The van der Waals surface area contributed by atoms with Crippen molar-refractivity contribution in [1.82, 2.24) is 9.97 Å². The van der Waals surface area contributed by atoms with Crippen molar-refractivity contribution in [3.05, 3.63) is 216 Å². The second-order valence-electron chi connectivity index (χ2n) is 12.6. The van der Waals surface area contributed by atoms with Gasteiger partial charge in [0.05, 0.1) is 16.8 Å². The minimum Gasteiger partial charge on any atom is -0.228 e. The van der Waals surface area contributed by atoms with Crippen molar-refractivity contribution >= 4 is 11.8 Å². The Balaban J connectivity index is 1.14. The molecule has 0 saturated carbocycles. The van der Waals surface area contributed by atoms with Gasteiger partial charge < -0.3 is 0 Å². The van der Waals surface area contributed by atoms with Crippen LogP contribution in [0, 0.1) is 0 Å². The summed E-state index contributed by atoms with van der Waals surface area (Å²) in [4.78, 5) is 12.6. The number of nitrogens with zero attached hydrogens (tertiary/aromatic N) is 2. The largest absolute Gasteiger partial charge is 0.228 e. The van der Waals surface area contributed by atoms with Gasteiger partial charge in [0, 0.05) is 26.5 Å². The first kappa shape index (κ1) is 30.1. The summed E-state index contributed by atoms with van der Waals surface area (Å²) in [5.74, 6) is 0.713. The van der Waals surface area contributed by atoms with Crippen LogP contribution in [-0.4, -0.2) is 9.97 Å². The monoisotopic (exact) mass is 656 g/mol. The van der Waals surface area contributed by atoms with E-state index in [2.05, 4.69) is 158 Å². The van der Waals surface area contributed by atoms with Crippen LogP contribution in [0.3, 0.4) is 0 Å². The van der Waals surface area contributed by atoms with Gasteiger partial charge in [-0.25, -0.2) is 9.97 Å². The Morgan fingerprint density at radius 3 is 1.38 bits per heavy atom. The fourth-order valence-corrected chi connectivity index (χ4v) is 8.52. The summed E-state index contributed by atoms with van der Waals surface area (Å²) < 4.78 is 0. The second-order valence-corrected chi connectivity index (χ2v) is 13.6. The predicted molar refractivity (Wildman–Crippen MR) is 206 cm³/mol. The van der Waals surface area contributed by atoms with E-state index in [0.717, 1.165) is 33.6 Å². The number of hydrogen-bond acceptors (Lipinski definition) is 3. The van der Waals surface area contributed by atoms with E-state index in [1.54, 1.807) is 0 Å². The number of rotatable bonds is 6. The average Bonchev–Trinajstić information content (AvgIpc) is 3.21. The second kappa shape index (κ2) is 12.8. The van der Waals surface area contributed by atoms with Crippen molar-refractivity contribution in [1.29, 1.82) is 0 Å². The lowest BCUT2D eigenvalue weighted by Crippen LogP contribution is -2.34. The molecule has 9 rings (SSSR count). The molecule has 2 heterocycles. The van der Waals surface area contributed by atoms with Crippen molar-refractivity contribution in [2.24, 2.45) is 0 Å². The van der Waals surface area contributed by atoms with Crippen molar-refractivity contribution in [2.75, 3.05) is 0 Å². The van der Waals surface area contributed by atoms with Crippen molar-refractivity contribution in [3.8, 4) is 45.0 Å². The first-order chi connectivity index (χ1) is 24.8. The minimum atomic E-state index is -0.431. The van der Waals surface area contributed by atoms with Gasteiger partial charge in [-0.1, -0.05) is 188 Å². The van der Waals surface area contributed by atoms with E-state index < -0.39 is 5.41 Å². The van der Waals surface area contributed by atoms with E-state index in [1.165, 1.54) is 37.6 Å². The molecule has 0 aliphatic carbocycles. The fraction of sp³-hybridized carbons (Fsp3) is 0.0213. The summed E-state index contributed by atoms with van der Waals surface area (Å²) in [6, 6.07) is 69.2. The highest BCUT2D eigenvalue weighted by atomic mass is 32.2. The Bertz CT molecular complexity index is 2330. The lowest BCUT2D eigenvalue weighted by molar-refractivity contribution is 0.703. The van der Waals surface area contributed by atoms with Crippen LogP contribution in [0.2, 0.25) is 0 Å². The number of hydrogen-bond donors (Lipinski definition) is 0. The Labute approximate surface area is 297 Å². The molecule has 1 aliphatic rings. The van der Waals surface area contributed by atoms with Crippen LogP contribution in [0.4, 0.5) is 0 Å². The molecular weight excluding hydrogens is 625 g/mol. The molecule has 0 N–H and O–H groups in total. The summed E-state index contributed by atoms with van der Waals surface area (Å²) in [5, 5.41) is 0. The van der Waals surface area contributed by atoms with Crippen molar-refractivity contribution < 1.29 is 0 Å². The van der Waals surface area contributed by atoms with Gasteiger partial charge in [-0.05, 0) is 51.6 Å². The molecule has 2 nitrogen and oxygen atoms in total. The van der Waals surface area contributed by atoms with Gasteiger partial charge in [-0.2, -0.15) is 0 Å². The molecule has 236 valence electrons. The molecule has 7 aromatic carbocycles. The van der Waals surface area contributed by atoms with E-state index in [4.69, 9.17) is 9.97 Å². The first-order valence-electron chi connectivity index (χ1n) is 16.9. The summed E-state index contributed by atoms with van der Waals surface area (Å²) in [6.45, 7) is 0. The number of fused-ring (bicyclic) bond motifs is 2. The molecule has 0 bridgehead atoms. The third kappa shape index (κ3) is 5.24. The third-order valence-electron chi connectivity index (χ3n) is 9.65. The topological polar surface area (TPSA) is 25.8 Å². The molecule has 0 spiro atoms. The number of aromatic nitrogens is 2. The molecule has 1 aromatic heterocycles. The molecule has 50 heavy (non-hydrogen) atoms. The van der Waals surface area contributed by atoms with Gasteiger partial charge in [0.15, 0.2) is 5.82 Å². The van der Waals surface area contributed by atoms with Gasteiger partial charge in [0.1, 0.15) is 0 Å². The van der Waals surface area contributed by atoms with Crippen LogP contribution in [0.5, 0.6) is 0 Å². The highest BCUT2D eigenvalue weighted by Gasteiger charge is 2.44. The van der Waals surface area contributed by atoms with Gasteiger partial charge >= 0.3 is 0 Å². The SMILES string of the molecule is c1ccc(-c2cc(-c3ccccc3)nc(-c3ccc(-c4ccc5c(c4)Sc4ccccc4C5(c4ccccc4)c4ccccc4)cc3)n2)cc1. The Hall–Kier alpha value is -6.03. The third-order valence-corrected chi connectivity index (χ3v) is 10.8. The molecule has 8 aromatic rings. The molecule has 0 saturated heterocycles. The highest BCUT2D eigenvalue weighted by Crippen LogP contribution is 2.56. The molecule has 0 radical (unpaired) electrons. The van der Waals surface area contributed by atoms with Gasteiger partial charge in [-0.15, -0.1) is 0 Å². The van der Waals surface area contributed by atoms with Crippen LogP contribution >= 0.6 is 11.8 Å². The van der Waals surface area contributed by atoms with Crippen molar-refractivity contribution in [2.45, 2.75) is 15.2 Å². The van der Waals surface area contributed by atoms with E-state index in [0.29, 0.717) is 5.82 Å². The maximum atomic E-state index is 5.04. The highest BCUT2D eigenvalue weighted by molar-refractivity contribution is 7.99. The smallest absolute Gasteiger partial charge is 0.160 e. The molecule has 1 aliphatic heterocycles. The van der Waals surface area contributed by atoms with Gasteiger partial charge in [0.25, 0.3) is 0 Å². The van der Waals surface area contributed by atoms with E-state index in [-0.39, 0.29) is 0 Å². The lowest BCUT2D eigenvalue weighted by atomic mass is 9.64. The molecular formula is C47H32N2S. The zero-order valence-electron chi connectivity index (χ0n) is 27.3. The van der Waals surface area contributed by atoms with Crippen LogP contribution in [0.1, 0.15) is 22.3 Å². The maximum Gasteiger partial charge on any atom is 0.160 e. The van der Waals surface area contributed by atoms with Crippen molar-refractivity contribution in [3.63, 3.8) is 0 Å². The summed E-state index contributed by atoms with van der Waals surface area (Å²) in [7, 11) is 0. The molecule has 0 atom stereocenters. The Kier molecular flexibility index (Phi) is 7.68. The lowest BCUT2D eigenvalue weighted by Gasteiger charge is -2.42. The molecule has 0 amide bonds. The Morgan fingerprint density at radius 1 is 0.340 bits per heavy atom. The number of benzene rings is 7. The van der Waals surface area contributed by atoms with Gasteiger partial charge in [0.2, 0.25) is 0 Å². The summed E-state index contributed by atoms with van der Waals surface area (Å²) in [5.41, 5.74) is 12.0. The quantitative estimate of drug-likeness (QED) is 0.178. The Morgan fingerprint density at radius 2 is 0.800 bits per heavy atom. The molecule has 0 fully saturated rings. The van der Waals surface area contributed by atoms with Gasteiger partial charge in [-0.3, -0.25) is 0 Å². The van der Waals surface area contributed by atoms with E-state index in [1.807, 2.05) is 48.2 Å². The van der Waals surface area contributed by atoms with Crippen LogP contribution in [0.25, 0.3) is 45.0 Å². The average molecular weight is 657 g/mol. The van der Waals surface area contributed by atoms with Crippen LogP contribution in [0.15, 0.2) is 204 Å². The zero-order chi connectivity index (χ0) is 33.3. The standard InChI is InChI=1S/C47H32N2S/c1-5-15-34(16-6-1)42-32-43(35-17-7-2-8-18-35)49-46(48-42)36-27-25-33(26-28-36)37-29-30-41-45(31-37)50-44-24-14-13-23-40(44)47(41,38-19-9-3-10-20-38)39-21-11-4-12-22-39/h1-32H. The zero-order valence-corrected chi connectivity index (χ0v) is 28.1. The molecule has 3 heteroatoms. The minimum absolute atomic E-state index is 0.431.